The molecule has 0 saturated carbocycles. The lowest BCUT2D eigenvalue weighted by molar-refractivity contribution is -0.127. The fraction of sp³-hybridized carbons (Fsp3) is 0.438. The van der Waals surface area contributed by atoms with Crippen molar-refractivity contribution in [3.8, 4) is 0 Å². The zero-order valence-corrected chi connectivity index (χ0v) is 14.3. The first kappa shape index (κ1) is 16.5. The average Bonchev–Trinajstić information content (AvgIpc) is 2.46. The summed E-state index contributed by atoms with van der Waals surface area (Å²) in [6.45, 7) is 5.72. The number of carbonyl (C=O) groups is 1. The SMILES string of the molecule is CC(Sc1nc2ccccc2c(=O)n1C(C)C)C(=O)N(C)C. The molecule has 22 heavy (non-hydrogen) atoms. The Morgan fingerprint density at radius 2 is 1.86 bits per heavy atom. The molecule has 0 bridgehead atoms. The molecule has 0 aliphatic heterocycles. The normalized spacial score (nSPS) is 12.6. The predicted octanol–water partition coefficient (Wildman–Crippen LogP) is 2.55. The molecule has 0 radical (unpaired) electrons. The van der Waals surface area contributed by atoms with Crippen LogP contribution in [0, 0.1) is 0 Å². The van der Waals surface area contributed by atoms with Gasteiger partial charge in [0, 0.05) is 20.1 Å². The molecule has 2 aromatic rings. The molecule has 1 unspecified atom stereocenters. The molecule has 118 valence electrons. The van der Waals surface area contributed by atoms with Gasteiger partial charge >= 0.3 is 0 Å². The van der Waals surface area contributed by atoms with Gasteiger partial charge in [0.1, 0.15) is 0 Å². The summed E-state index contributed by atoms with van der Waals surface area (Å²) in [6.07, 6.45) is 0. The van der Waals surface area contributed by atoms with Crippen molar-refractivity contribution in [3.05, 3.63) is 34.6 Å². The van der Waals surface area contributed by atoms with Crippen molar-refractivity contribution in [1.82, 2.24) is 14.5 Å². The molecule has 0 aliphatic rings. The van der Waals surface area contributed by atoms with Gasteiger partial charge in [0.25, 0.3) is 5.56 Å². The zero-order valence-electron chi connectivity index (χ0n) is 13.5. The molecule has 1 amide bonds. The van der Waals surface area contributed by atoms with Gasteiger partial charge in [0.05, 0.1) is 16.2 Å². The highest BCUT2D eigenvalue weighted by molar-refractivity contribution is 8.00. The number of fused-ring (bicyclic) bond motifs is 1. The van der Waals surface area contributed by atoms with Crippen LogP contribution < -0.4 is 5.56 Å². The maximum absolute atomic E-state index is 12.7. The minimum Gasteiger partial charge on any atom is -0.348 e. The second-order valence-corrected chi connectivity index (χ2v) is 6.98. The van der Waals surface area contributed by atoms with E-state index in [1.807, 2.05) is 39.0 Å². The van der Waals surface area contributed by atoms with Crippen LogP contribution in [-0.2, 0) is 4.79 Å². The molecular weight excluding hydrogens is 298 g/mol. The number of amides is 1. The van der Waals surface area contributed by atoms with E-state index < -0.39 is 0 Å². The van der Waals surface area contributed by atoms with Crippen LogP contribution in [0.2, 0.25) is 0 Å². The number of hydrogen-bond donors (Lipinski definition) is 0. The first-order valence-electron chi connectivity index (χ1n) is 7.22. The minimum atomic E-state index is -0.298. The van der Waals surface area contributed by atoms with Crippen molar-refractivity contribution >= 4 is 28.6 Å². The lowest BCUT2D eigenvalue weighted by atomic mass is 10.2. The molecule has 6 heteroatoms. The third kappa shape index (κ3) is 3.16. The summed E-state index contributed by atoms with van der Waals surface area (Å²) < 4.78 is 1.66. The van der Waals surface area contributed by atoms with Crippen LogP contribution in [0.15, 0.2) is 34.2 Å². The van der Waals surface area contributed by atoms with Crippen molar-refractivity contribution in [1.29, 1.82) is 0 Å². The van der Waals surface area contributed by atoms with E-state index in [4.69, 9.17) is 0 Å². The number of hydrogen-bond acceptors (Lipinski definition) is 4. The monoisotopic (exact) mass is 319 g/mol. The Kier molecular flexibility index (Phi) is 4.90. The predicted molar refractivity (Wildman–Crippen MR) is 90.4 cm³/mol. The van der Waals surface area contributed by atoms with Gasteiger partial charge in [-0.2, -0.15) is 0 Å². The van der Waals surface area contributed by atoms with E-state index in [1.165, 1.54) is 11.8 Å². The first-order valence-corrected chi connectivity index (χ1v) is 8.10. The van der Waals surface area contributed by atoms with E-state index in [9.17, 15) is 9.59 Å². The van der Waals surface area contributed by atoms with Crippen molar-refractivity contribution < 1.29 is 4.79 Å². The number of nitrogens with zero attached hydrogens (tertiary/aromatic N) is 3. The fourth-order valence-corrected chi connectivity index (χ4v) is 3.42. The third-order valence-corrected chi connectivity index (χ3v) is 4.42. The van der Waals surface area contributed by atoms with Gasteiger partial charge in [0.2, 0.25) is 5.91 Å². The van der Waals surface area contributed by atoms with Gasteiger partial charge in [-0.1, -0.05) is 23.9 Å². The Labute approximate surface area is 134 Å². The maximum atomic E-state index is 12.7. The maximum Gasteiger partial charge on any atom is 0.262 e. The van der Waals surface area contributed by atoms with Crippen molar-refractivity contribution in [3.63, 3.8) is 0 Å². The largest absolute Gasteiger partial charge is 0.348 e. The summed E-state index contributed by atoms with van der Waals surface area (Å²) in [5.74, 6) is 0.00251. The Morgan fingerprint density at radius 3 is 2.45 bits per heavy atom. The van der Waals surface area contributed by atoms with Crippen LogP contribution in [0.1, 0.15) is 26.8 Å². The lowest BCUT2D eigenvalue weighted by Gasteiger charge is -2.20. The smallest absolute Gasteiger partial charge is 0.262 e. The van der Waals surface area contributed by atoms with E-state index in [2.05, 4.69) is 4.98 Å². The summed E-state index contributed by atoms with van der Waals surface area (Å²) in [4.78, 5) is 30.9. The number of para-hydroxylation sites is 1. The van der Waals surface area contributed by atoms with E-state index in [0.29, 0.717) is 16.1 Å². The van der Waals surface area contributed by atoms with Gasteiger partial charge in [-0.05, 0) is 32.9 Å². The number of rotatable bonds is 4. The summed E-state index contributed by atoms with van der Waals surface area (Å²) >= 11 is 1.32. The molecule has 5 nitrogen and oxygen atoms in total. The van der Waals surface area contributed by atoms with Crippen LogP contribution in [0.3, 0.4) is 0 Å². The minimum absolute atomic E-state index is 0.00251. The van der Waals surface area contributed by atoms with Gasteiger partial charge in [0.15, 0.2) is 5.16 Å². The molecule has 1 heterocycles. The molecule has 0 aliphatic carbocycles. The molecule has 2 rings (SSSR count). The Bertz CT molecular complexity index is 753. The lowest BCUT2D eigenvalue weighted by Crippen LogP contribution is -2.31. The zero-order chi connectivity index (χ0) is 16.4. The molecule has 1 atom stereocenters. The number of benzene rings is 1. The highest BCUT2D eigenvalue weighted by Gasteiger charge is 2.21. The standard InChI is InChI=1S/C16H21N3O2S/c1-10(2)19-15(21)12-8-6-7-9-13(12)17-16(19)22-11(3)14(20)18(4)5/h6-11H,1-5H3. The summed E-state index contributed by atoms with van der Waals surface area (Å²) in [5.41, 5.74) is 0.601. The number of aromatic nitrogens is 2. The van der Waals surface area contributed by atoms with Crippen molar-refractivity contribution in [2.45, 2.75) is 37.2 Å². The van der Waals surface area contributed by atoms with E-state index >= 15 is 0 Å². The molecule has 1 aromatic carbocycles. The molecule has 0 spiro atoms. The van der Waals surface area contributed by atoms with Crippen LogP contribution >= 0.6 is 11.8 Å². The van der Waals surface area contributed by atoms with Gasteiger partial charge in [-0.25, -0.2) is 4.98 Å². The van der Waals surface area contributed by atoms with Crippen LogP contribution in [0.25, 0.3) is 10.9 Å². The van der Waals surface area contributed by atoms with Crippen molar-refractivity contribution in [2.24, 2.45) is 0 Å². The molecule has 0 N–H and O–H groups in total. The van der Waals surface area contributed by atoms with Gasteiger partial charge < -0.3 is 4.90 Å². The Hall–Kier alpha value is -1.82. The summed E-state index contributed by atoms with van der Waals surface area (Å²) in [7, 11) is 3.45. The van der Waals surface area contributed by atoms with Crippen LogP contribution in [0.4, 0.5) is 0 Å². The third-order valence-electron chi connectivity index (χ3n) is 3.36. The molecule has 0 saturated heterocycles. The topological polar surface area (TPSA) is 55.2 Å². The van der Waals surface area contributed by atoms with Crippen LogP contribution in [0.5, 0.6) is 0 Å². The molecular formula is C16H21N3O2S. The summed E-state index contributed by atoms with van der Waals surface area (Å²) in [5, 5.41) is 0.890. The first-order chi connectivity index (χ1) is 10.3. The van der Waals surface area contributed by atoms with E-state index in [-0.39, 0.29) is 22.8 Å². The van der Waals surface area contributed by atoms with Crippen LogP contribution in [-0.4, -0.2) is 39.7 Å². The quantitative estimate of drug-likeness (QED) is 0.642. The Balaban J connectivity index is 2.55. The van der Waals surface area contributed by atoms with Crippen molar-refractivity contribution in [2.75, 3.05) is 14.1 Å². The number of carbonyl (C=O) groups excluding carboxylic acids is 1. The van der Waals surface area contributed by atoms with E-state index in [1.54, 1.807) is 29.6 Å². The summed E-state index contributed by atoms with van der Waals surface area (Å²) in [6, 6.07) is 7.28. The fourth-order valence-electron chi connectivity index (χ4n) is 2.24. The second kappa shape index (κ2) is 6.52. The molecule has 1 aromatic heterocycles. The number of thioether (sulfide) groups is 1. The van der Waals surface area contributed by atoms with Gasteiger partial charge in [-0.15, -0.1) is 0 Å². The van der Waals surface area contributed by atoms with Gasteiger partial charge in [-0.3, -0.25) is 14.2 Å². The van der Waals surface area contributed by atoms with E-state index in [0.717, 1.165) is 0 Å². The highest BCUT2D eigenvalue weighted by atomic mass is 32.2. The highest BCUT2D eigenvalue weighted by Crippen LogP contribution is 2.25. The second-order valence-electron chi connectivity index (χ2n) is 5.67. The average molecular weight is 319 g/mol. The Morgan fingerprint density at radius 1 is 1.23 bits per heavy atom. The molecule has 0 fully saturated rings.